The van der Waals surface area contributed by atoms with Crippen LogP contribution in [0.5, 0.6) is 5.75 Å². The van der Waals surface area contributed by atoms with Crippen molar-refractivity contribution in [3.63, 3.8) is 0 Å². The number of carbonyl (C=O) groups is 1. The maximum Gasteiger partial charge on any atom is 0.251 e. The first-order valence-electron chi connectivity index (χ1n) is 7.46. The van der Waals surface area contributed by atoms with Gasteiger partial charge in [0.1, 0.15) is 5.60 Å². The van der Waals surface area contributed by atoms with E-state index in [4.69, 9.17) is 4.74 Å². The maximum atomic E-state index is 13.7. The van der Waals surface area contributed by atoms with Crippen LogP contribution in [0.2, 0.25) is 0 Å². The minimum atomic E-state index is -1.07. The normalized spacial score (nSPS) is 19.3. The fourth-order valence-corrected chi connectivity index (χ4v) is 2.99. The van der Waals surface area contributed by atoms with E-state index in [1.54, 1.807) is 0 Å². The molecule has 0 radical (unpaired) electrons. The molecule has 0 unspecified atom stereocenters. The molecule has 2 N–H and O–H groups in total. The van der Waals surface area contributed by atoms with Crippen molar-refractivity contribution in [2.45, 2.75) is 18.4 Å². The number of amides is 1. The Bertz CT molecular complexity index is 747. The van der Waals surface area contributed by atoms with Gasteiger partial charge in [-0.1, -0.05) is 24.3 Å². The number of fused-ring (bicyclic) bond motifs is 1. The standard InChI is InChI=1S/C18H18FNO3/c1-23-16-7-6-13(10-15(16)19)17(21)20-11-18(22)9-8-12-4-2-3-5-14(12)18/h2-7,10,22H,8-9,11H2,1H3,(H,20,21)/t18-/m0/s1. The lowest BCUT2D eigenvalue weighted by atomic mass is 9.96. The molecule has 0 aliphatic heterocycles. The molecule has 1 aliphatic rings. The monoisotopic (exact) mass is 315 g/mol. The van der Waals surface area contributed by atoms with Crippen molar-refractivity contribution in [3.05, 3.63) is 65.0 Å². The quantitative estimate of drug-likeness (QED) is 0.911. The second-order valence-electron chi connectivity index (χ2n) is 5.72. The van der Waals surface area contributed by atoms with Gasteiger partial charge in [-0.2, -0.15) is 0 Å². The number of carbonyl (C=O) groups excluding carboxylic acids is 1. The molecular weight excluding hydrogens is 297 g/mol. The second kappa shape index (κ2) is 6.01. The molecule has 2 aromatic carbocycles. The number of hydrogen-bond donors (Lipinski definition) is 2. The molecule has 0 aromatic heterocycles. The molecule has 120 valence electrons. The largest absolute Gasteiger partial charge is 0.494 e. The molecule has 5 heteroatoms. The van der Waals surface area contributed by atoms with Crippen molar-refractivity contribution in [3.8, 4) is 5.75 Å². The van der Waals surface area contributed by atoms with Gasteiger partial charge in [-0.15, -0.1) is 0 Å². The van der Waals surface area contributed by atoms with Crippen LogP contribution in [0.3, 0.4) is 0 Å². The fourth-order valence-electron chi connectivity index (χ4n) is 2.99. The maximum absolute atomic E-state index is 13.7. The lowest BCUT2D eigenvalue weighted by Crippen LogP contribution is -2.39. The molecule has 4 nitrogen and oxygen atoms in total. The summed E-state index contributed by atoms with van der Waals surface area (Å²) in [5.74, 6) is -0.931. The summed E-state index contributed by atoms with van der Waals surface area (Å²) in [6, 6.07) is 11.7. The topological polar surface area (TPSA) is 58.6 Å². The van der Waals surface area contributed by atoms with Crippen molar-refractivity contribution in [2.75, 3.05) is 13.7 Å². The minimum Gasteiger partial charge on any atom is -0.494 e. The zero-order valence-electron chi connectivity index (χ0n) is 12.8. The number of halogens is 1. The number of aryl methyl sites for hydroxylation is 1. The summed E-state index contributed by atoms with van der Waals surface area (Å²) in [6.45, 7) is 0.0937. The lowest BCUT2D eigenvalue weighted by Gasteiger charge is -2.24. The van der Waals surface area contributed by atoms with E-state index in [9.17, 15) is 14.3 Å². The second-order valence-corrected chi connectivity index (χ2v) is 5.72. The molecule has 1 amide bonds. The molecule has 23 heavy (non-hydrogen) atoms. The first-order valence-corrected chi connectivity index (χ1v) is 7.46. The highest BCUT2D eigenvalue weighted by atomic mass is 19.1. The average molecular weight is 315 g/mol. The highest BCUT2D eigenvalue weighted by molar-refractivity contribution is 5.94. The molecule has 0 saturated heterocycles. The zero-order chi connectivity index (χ0) is 16.4. The van der Waals surface area contributed by atoms with E-state index < -0.39 is 17.3 Å². The highest BCUT2D eigenvalue weighted by Crippen LogP contribution is 2.36. The van der Waals surface area contributed by atoms with Crippen LogP contribution in [0.4, 0.5) is 4.39 Å². The van der Waals surface area contributed by atoms with Crippen molar-refractivity contribution in [1.82, 2.24) is 5.32 Å². The Balaban J connectivity index is 1.71. The first kappa shape index (κ1) is 15.5. The average Bonchev–Trinajstić information content (AvgIpc) is 2.91. The molecule has 3 rings (SSSR count). The highest BCUT2D eigenvalue weighted by Gasteiger charge is 2.36. The van der Waals surface area contributed by atoms with Crippen LogP contribution in [-0.4, -0.2) is 24.7 Å². The van der Waals surface area contributed by atoms with Gasteiger partial charge in [0.25, 0.3) is 5.91 Å². The zero-order valence-corrected chi connectivity index (χ0v) is 12.8. The number of methoxy groups -OCH3 is 1. The third-order valence-electron chi connectivity index (χ3n) is 4.28. The number of nitrogens with one attached hydrogen (secondary N) is 1. The molecule has 0 saturated carbocycles. The van der Waals surface area contributed by atoms with Crippen molar-refractivity contribution >= 4 is 5.91 Å². The Morgan fingerprint density at radius 1 is 1.35 bits per heavy atom. The van der Waals surface area contributed by atoms with Gasteiger partial charge in [0.05, 0.1) is 13.7 Å². The molecule has 0 spiro atoms. The van der Waals surface area contributed by atoms with Gasteiger partial charge in [0, 0.05) is 5.56 Å². The Morgan fingerprint density at radius 3 is 2.87 bits per heavy atom. The Hall–Kier alpha value is -2.40. The van der Waals surface area contributed by atoms with Crippen molar-refractivity contribution in [2.24, 2.45) is 0 Å². The van der Waals surface area contributed by atoms with Gasteiger partial charge >= 0.3 is 0 Å². The third-order valence-corrected chi connectivity index (χ3v) is 4.28. The van der Waals surface area contributed by atoms with Crippen LogP contribution in [-0.2, 0) is 12.0 Å². The molecule has 0 heterocycles. The Labute approximate surface area is 133 Å². The van der Waals surface area contributed by atoms with Crippen molar-refractivity contribution in [1.29, 1.82) is 0 Å². The smallest absolute Gasteiger partial charge is 0.251 e. The summed E-state index contributed by atoms with van der Waals surface area (Å²) in [6.07, 6.45) is 1.34. The van der Waals surface area contributed by atoms with E-state index in [0.717, 1.165) is 23.6 Å². The van der Waals surface area contributed by atoms with Crippen LogP contribution in [0.1, 0.15) is 27.9 Å². The van der Waals surface area contributed by atoms with Crippen LogP contribution in [0.15, 0.2) is 42.5 Å². The van der Waals surface area contributed by atoms with Crippen LogP contribution < -0.4 is 10.1 Å². The van der Waals surface area contributed by atoms with Crippen LogP contribution in [0.25, 0.3) is 0 Å². The SMILES string of the molecule is COc1ccc(C(=O)NC[C@@]2(O)CCc3ccccc32)cc1F. The number of rotatable bonds is 4. The van der Waals surface area contributed by atoms with Gasteiger partial charge in [-0.25, -0.2) is 4.39 Å². The predicted molar refractivity (Wildman–Crippen MR) is 83.9 cm³/mol. The van der Waals surface area contributed by atoms with Crippen LogP contribution in [0, 0.1) is 5.82 Å². The number of benzene rings is 2. The Morgan fingerprint density at radius 2 is 2.13 bits per heavy atom. The molecule has 1 atom stereocenters. The van der Waals surface area contributed by atoms with Gasteiger partial charge in [0.15, 0.2) is 11.6 Å². The first-order chi connectivity index (χ1) is 11.0. The van der Waals surface area contributed by atoms with Gasteiger partial charge in [-0.3, -0.25) is 4.79 Å². The summed E-state index contributed by atoms with van der Waals surface area (Å²) in [7, 11) is 1.37. The number of aliphatic hydroxyl groups is 1. The Kier molecular flexibility index (Phi) is 4.05. The lowest BCUT2D eigenvalue weighted by molar-refractivity contribution is 0.0369. The molecule has 0 fully saturated rings. The van der Waals surface area contributed by atoms with Gasteiger partial charge < -0.3 is 15.2 Å². The summed E-state index contributed by atoms with van der Waals surface area (Å²) in [5, 5.41) is 13.5. The third kappa shape index (κ3) is 2.92. The molecule has 0 bridgehead atoms. The summed E-state index contributed by atoms with van der Waals surface area (Å²) < 4.78 is 18.5. The van der Waals surface area contributed by atoms with E-state index in [1.165, 1.54) is 19.2 Å². The van der Waals surface area contributed by atoms with Gasteiger partial charge in [-0.05, 0) is 42.2 Å². The minimum absolute atomic E-state index is 0.0879. The van der Waals surface area contributed by atoms with Crippen molar-refractivity contribution < 1.29 is 19.0 Å². The molecule has 2 aromatic rings. The summed E-state index contributed by atoms with van der Waals surface area (Å²) in [4.78, 5) is 12.2. The summed E-state index contributed by atoms with van der Waals surface area (Å²) in [5.41, 5.74) is 1.07. The van der Waals surface area contributed by atoms with E-state index >= 15 is 0 Å². The summed E-state index contributed by atoms with van der Waals surface area (Å²) >= 11 is 0. The number of ether oxygens (including phenoxy) is 1. The van der Waals surface area contributed by atoms with E-state index in [1.807, 2.05) is 24.3 Å². The number of hydrogen-bond acceptors (Lipinski definition) is 3. The van der Waals surface area contributed by atoms with E-state index in [0.29, 0.717) is 6.42 Å². The predicted octanol–water partition coefficient (Wildman–Crippen LogP) is 2.40. The van der Waals surface area contributed by atoms with Gasteiger partial charge in [0.2, 0.25) is 0 Å². The van der Waals surface area contributed by atoms with E-state index in [2.05, 4.69) is 5.32 Å². The molecular formula is C18H18FNO3. The van der Waals surface area contributed by atoms with Crippen LogP contribution >= 0.6 is 0 Å². The fraction of sp³-hybridized carbons (Fsp3) is 0.278. The van der Waals surface area contributed by atoms with E-state index in [-0.39, 0.29) is 17.9 Å². The molecule has 1 aliphatic carbocycles.